The Bertz CT molecular complexity index is 318. The van der Waals surface area contributed by atoms with Crippen molar-refractivity contribution in [3.63, 3.8) is 0 Å². The summed E-state index contributed by atoms with van der Waals surface area (Å²) in [6.07, 6.45) is 2.70. The average Bonchev–Trinajstić information content (AvgIpc) is 2.63. The number of likely N-dealkylation sites (tertiary alicyclic amines) is 1. The third-order valence-electron chi connectivity index (χ3n) is 4.44. The minimum atomic E-state index is -0.335. The van der Waals surface area contributed by atoms with Crippen molar-refractivity contribution in [3.8, 4) is 0 Å². The molecule has 4 heteroatoms. The van der Waals surface area contributed by atoms with E-state index in [0.29, 0.717) is 25.0 Å². The molecule has 1 heterocycles. The van der Waals surface area contributed by atoms with Gasteiger partial charge in [0.05, 0.1) is 12.1 Å². The lowest BCUT2D eigenvalue weighted by Gasteiger charge is -2.33. The summed E-state index contributed by atoms with van der Waals surface area (Å²) in [6, 6.07) is 0.886. The van der Waals surface area contributed by atoms with E-state index >= 15 is 0 Å². The molecule has 2 N–H and O–H groups in total. The lowest BCUT2D eigenvalue weighted by molar-refractivity contribution is -0.127. The molecule has 0 aromatic heterocycles. The van der Waals surface area contributed by atoms with Crippen LogP contribution in [0.25, 0.3) is 0 Å². The summed E-state index contributed by atoms with van der Waals surface area (Å²) in [4.78, 5) is 14.7. The summed E-state index contributed by atoms with van der Waals surface area (Å²) in [7, 11) is 0. The zero-order valence-electron chi connectivity index (χ0n) is 13.9. The van der Waals surface area contributed by atoms with E-state index in [1.165, 1.54) is 12.8 Å². The van der Waals surface area contributed by atoms with E-state index in [1.807, 2.05) is 6.92 Å². The molecule has 0 bridgehead atoms. The molecule has 1 rings (SSSR count). The first-order valence-corrected chi connectivity index (χ1v) is 7.87. The molecule has 4 atom stereocenters. The van der Waals surface area contributed by atoms with E-state index in [9.17, 15) is 9.90 Å². The molecule has 1 aliphatic heterocycles. The molecule has 20 heavy (non-hydrogen) atoms. The fourth-order valence-electron chi connectivity index (χ4n) is 3.46. The van der Waals surface area contributed by atoms with Gasteiger partial charge in [-0.1, -0.05) is 13.8 Å². The molecule has 4 unspecified atom stereocenters. The van der Waals surface area contributed by atoms with Crippen LogP contribution < -0.4 is 5.32 Å². The lowest BCUT2D eigenvalue weighted by atomic mass is 9.87. The fraction of sp³-hybridized carbons (Fsp3) is 0.938. The molecule has 1 saturated heterocycles. The highest BCUT2D eigenvalue weighted by atomic mass is 16.3. The first-order valence-electron chi connectivity index (χ1n) is 7.87. The van der Waals surface area contributed by atoms with Gasteiger partial charge in [-0.3, -0.25) is 9.69 Å². The Morgan fingerprint density at radius 1 is 1.30 bits per heavy atom. The lowest BCUT2D eigenvalue weighted by Crippen LogP contribution is -2.50. The number of carbonyl (C=O) groups is 1. The van der Waals surface area contributed by atoms with Gasteiger partial charge in [0.25, 0.3) is 0 Å². The quantitative estimate of drug-likeness (QED) is 0.786. The number of aliphatic hydroxyl groups is 1. The van der Waals surface area contributed by atoms with Gasteiger partial charge in [-0.15, -0.1) is 0 Å². The van der Waals surface area contributed by atoms with Crippen LogP contribution in [0, 0.1) is 5.41 Å². The molecule has 0 radical (unpaired) electrons. The fourth-order valence-corrected chi connectivity index (χ4v) is 3.46. The zero-order valence-corrected chi connectivity index (χ0v) is 13.9. The highest BCUT2D eigenvalue weighted by Crippen LogP contribution is 2.26. The van der Waals surface area contributed by atoms with Crippen LogP contribution in [0.1, 0.15) is 60.8 Å². The zero-order chi connectivity index (χ0) is 15.5. The monoisotopic (exact) mass is 284 g/mol. The molecule has 1 aliphatic rings. The van der Waals surface area contributed by atoms with Crippen LogP contribution in [-0.2, 0) is 4.79 Å². The topological polar surface area (TPSA) is 52.6 Å². The minimum Gasteiger partial charge on any atom is -0.393 e. The van der Waals surface area contributed by atoms with Crippen molar-refractivity contribution in [2.75, 3.05) is 6.54 Å². The standard InChI is InChI=1S/C16H32N2O2/c1-11-7-8-12(2)18(11)14(4)15(20)17-10-16(5,6)9-13(3)19/h11-14,19H,7-10H2,1-6H3,(H,17,20). The molecule has 4 nitrogen and oxygen atoms in total. The van der Waals surface area contributed by atoms with Gasteiger partial charge in [-0.05, 0) is 52.4 Å². The molecule has 0 spiro atoms. The molecular formula is C16H32N2O2. The van der Waals surface area contributed by atoms with Gasteiger partial charge in [0.1, 0.15) is 0 Å². The second kappa shape index (κ2) is 6.90. The first kappa shape index (κ1) is 17.4. The Labute approximate surface area is 123 Å². The van der Waals surface area contributed by atoms with Gasteiger partial charge >= 0.3 is 0 Å². The molecule has 0 aliphatic carbocycles. The number of nitrogens with zero attached hydrogens (tertiary/aromatic N) is 1. The smallest absolute Gasteiger partial charge is 0.237 e. The van der Waals surface area contributed by atoms with Gasteiger partial charge in [0, 0.05) is 18.6 Å². The van der Waals surface area contributed by atoms with Crippen molar-refractivity contribution in [2.45, 2.75) is 85.0 Å². The van der Waals surface area contributed by atoms with E-state index in [4.69, 9.17) is 0 Å². The predicted molar refractivity (Wildman–Crippen MR) is 82.5 cm³/mol. The number of nitrogens with one attached hydrogen (secondary N) is 1. The summed E-state index contributed by atoms with van der Waals surface area (Å²) in [5.41, 5.74) is -0.0776. The summed E-state index contributed by atoms with van der Waals surface area (Å²) >= 11 is 0. The van der Waals surface area contributed by atoms with E-state index in [0.717, 1.165) is 0 Å². The van der Waals surface area contributed by atoms with Crippen molar-refractivity contribution in [2.24, 2.45) is 5.41 Å². The maximum Gasteiger partial charge on any atom is 0.237 e. The largest absolute Gasteiger partial charge is 0.393 e. The van der Waals surface area contributed by atoms with Crippen molar-refractivity contribution in [1.29, 1.82) is 0 Å². The third-order valence-corrected chi connectivity index (χ3v) is 4.44. The Morgan fingerprint density at radius 3 is 2.25 bits per heavy atom. The Hall–Kier alpha value is -0.610. The Kier molecular flexibility index (Phi) is 6.02. The van der Waals surface area contributed by atoms with Gasteiger partial charge < -0.3 is 10.4 Å². The highest BCUT2D eigenvalue weighted by Gasteiger charge is 2.34. The van der Waals surface area contributed by atoms with Crippen LogP contribution >= 0.6 is 0 Å². The molecule has 1 amide bonds. The SMILES string of the molecule is CC(O)CC(C)(C)CNC(=O)C(C)N1C(C)CCC1C. The summed E-state index contributed by atoms with van der Waals surface area (Å²) in [5, 5.41) is 12.5. The van der Waals surface area contributed by atoms with Crippen molar-refractivity contribution in [3.05, 3.63) is 0 Å². The van der Waals surface area contributed by atoms with E-state index < -0.39 is 0 Å². The maximum atomic E-state index is 12.3. The number of aliphatic hydroxyl groups excluding tert-OH is 1. The van der Waals surface area contributed by atoms with Crippen LogP contribution in [0.4, 0.5) is 0 Å². The number of hydrogen-bond acceptors (Lipinski definition) is 3. The predicted octanol–water partition coefficient (Wildman–Crippen LogP) is 2.16. The van der Waals surface area contributed by atoms with Crippen LogP contribution in [-0.4, -0.2) is 46.7 Å². The first-order chi connectivity index (χ1) is 9.14. The van der Waals surface area contributed by atoms with Gasteiger partial charge in [0.15, 0.2) is 0 Å². The van der Waals surface area contributed by atoms with Gasteiger partial charge in [0.2, 0.25) is 5.91 Å². The minimum absolute atomic E-state index is 0.0776. The van der Waals surface area contributed by atoms with E-state index in [1.54, 1.807) is 6.92 Å². The number of rotatable bonds is 6. The molecule has 118 valence electrons. The molecule has 0 saturated carbocycles. The van der Waals surface area contributed by atoms with E-state index in [2.05, 4.69) is 37.9 Å². The average molecular weight is 284 g/mol. The molecule has 1 fully saturated rings. The van der Waals surface area contributed by atoms with Crippen LogP contribution in [0.15, 0.2) is 0 Å². The molecule has 0 aromatic carbocycles. The summed E-state index contributed by atoms with van der Waals surface area (Å²) in [5.74, 6) is 0.101. The normalized spacial score (nSPS) is 27.4. The van der Waals surface area contributed by atoms with Crippen LogP contribution in [0.2, 0.25) is 0 Å². The van der Waals surface area contributed by atoms with Crippen molar-refractivity contribution in [1.82, 2.24) is 10.2 Å². The second-order valence-electron chi connectivity index (χ2n) is 7.33. The van der Waals surface area contributed by atoms with Crippen molar-refractivity contribution >= 4 is 5.91 Å². The Balaban J connectivity index is 2.50. The number of carbonyl (C=O) groups excluding carboxylic acids is 1. The maximum absolute atomic E-state index is 12.3. The second-order valence-corrected chi connectivity index (χ2v) is 7.33. The summed E-state index contributed by atoms with van der Waals surface area (Å²) in [6.45, 7) is 12.9. The Morgan fingerprint density at radius 2 is 1.80 bits per heavy atom. The number of amides is 1. The number of hydrogen-bond donors (Lipinski definition) is 2. The van der Waals surface area contributed by atoms with Gasteiger partial charge in [-0.25, -0.2) is 0 Å². The molecule has 0 aromatic rings. The van der Waals surface area contributed by atoms with Crippen LogP contribution in [0.3, 0.4) is 0 Å². The third kappa shape index (κ3) is 4.74. The van der Waals surface area contributed by atoms with Gasteiger partial charge in [-0.2, -0.15) is 0 Å². The highest BCUT2D eigenvalue weighted by molar-refractivity contribution is 5.81. The van der Waals surface area contributed by atoms with Crippen molar-refractivity contribution < 1.29 is 9.90 Å². The summed E-state index contributed by atoms with van der Waals surface area (Å²) < 4.78 is 0. The molecular weight excluding hydrogens is 252 g/mol. The van der Waals surface area contributed by atoms with E-state index in [-0.39, 0.29) is 23.5 Å². The van der Waals surface area contributed by atoms with Crippen LogP contribution in [0.5, 0.6) is 0 Å².